The lowest BCUT2D eigenvalue weighted by molar-refractivity contribution is -0.137. The second-order valence-corrected chi connectivity index (χ2v) is 10.7. The molecule has 1 spiro atoms. The second kappa shape index (κ2) is 8.52. The Labute approximate surface area is 204 Å². The number of aromatic nitrogens is 1. The number of hydrogen-bond donors (Lipinski definition) is 0. The molecule has 3 aliphatic rings. The van der Waals surface area contributed by atoms with Crippen molar-refractivity contribution in [2.45, 2.75) is 51.4 Å². The van der Waals surface area contributed by atoms with Gasteiger partial charge in [0.25, 0.3) is 6.01 Å². The van der Waals surface area contributed by atoms with Crippen molar-refractivity contribution in [3.05, 3.63) is 59.9 Å². The highest BCUT2D eigenvalue weighted by molar-refractivity contribution is 5.74. The molecule has 2 saturated heterocycles. The van der Waals surface area contributed by atoms with Gasteiger partial charge in [-0.25, -0.2) is 9.18 Å². The number of nitrogens with zero attached hydrogens (tertiary/aromatic N) is 4. The molecule has 184 valence electrons. The van der Waals surface area contributed by atoms with Crippen molar-refractivity contribution in [3.8, 4) is 0 Å². The van der Waals surface area contributed by atoms with Gasteiger partial charge in [0, 0.05) is 44.2 Å². The molecule has 3 aromatic rings. The molecule has 3 fully saturated rings. The lowest BCUT2D eigenvalue weighted by atomic mass is 9.61. The third-order valence-electron chi connectivity index (χ3n) is 7.69. The van der Waals surface area contributed by atoms with Crippen LogP contribution in [0.5, 0.6) is 0 Å². The summed E-state index contributed by atoms with van der Waals surface area (Å²) in [5.41, 5.74) is 2.72. The molecule has 2 atom stereocenters. The van der Waals surface area contributed by atoms with Crippen molar-refractivity contribution in [2.24, 2.45) is 5.41 Å². The number of hydrogen-bond acceptors (Lipinski definition) is 6. The molecule has 7 nitrogen and oxygen atoms in total. The van der Waals surface area contributed by atoms with Crippen LogP contribution in [-0.4, -0.2) is 65.2 Å². The van der Waals surface area contributed by atoms with E-state index in [2.05, 4.69) is 34.1 Å². The standard InChI is InChI=1S/C27H31FN4O3/c1-18-13-31(25-29-23-10-21(28)8-9-24(23)35-25)14-19(2)32(18)26(33)34-22-11-27(12-22)16-30(17-27)15-20-6-4-3-5-7-20/h3-10,18-19,22H,11-17H2,1-2H3/t18-,19-/m1/s1. The Hall–Kier alpha value is -3.13. The highest BCUT2D eigenvalue weighted by Gasteiger charge is 2.54. The van der Waals surface area contributed by atoms with Crippen LogP contribution in [0.15, 0.2) is 52.9 Å². The molecule has 3 heterocycles. The SMILES string of the molecule is C[C@@H]1CN(c2nc3cc(F)ccc3o2)C[C@@H](C)N1C(=O)OC1CC2(C1)CN(Cc1ccccc1)C2. The molecular formula is C27H31FN4O3. The quantitative estimate of drug-likeness (QED) is 0.543. The van der Waals surface area contributed by atoms with Crippen LogP contribution in [0.4, 0.5) is 15.2 Å². The Morgan fingerprint density at radius 3 is 2.54 bits per heavy atom. The summed E-state index contributed by atoms with van der Waals surface area (Å²) in [5.74, 6) is -0.338. The summed E-state index contributed by atoms with van der Waals surface area (Å²) in [4.78, 5) is 23.8. The van der Waals surface area contributed by atoms with E-state index in [0.29, 0.717) is 35.6 Å². The zero-order valence-corrected chi connectivity index (χ0v) is 20.2. The third-order valence-corrected chi connectivity index (χ3v) is 7.69. The number of carbonyl (C=O) groups excluding carboxylic acids is 1. The van der Waals surface area contributed by atoms with Gasteiger partial charge in [0.15, 0.2) is 5.58 Å². The lowest BCUT2D eigenvalue weighted by Crippen LogP contribution is -2.65. The van der Waals surface area contributed by atoms with Crippen LogP contribution in [0.3, 0.4) is 0 Å². The molecule has 2 aromatic carbocycles. The average molecular weight is 479 g/mol. The minimum atomic E-state index is -0.338. The van der Waals surface area contributed by atoms with Gasteiger partial charge >= 0.3 is 6.09 Å². The van der Waals surface area contributed by atoms with E-state index in [0.717, 1.165) is 32.5 Å². The van der Waals surface area contributed by atoms with Crippen LogP contribution >= 0.6 is 0 Å². The second-order valence-electron chi connectivity index (χ2n) is 10.7. The summed E-state index contributed by atoms with van der Waals surface area (Å²) >= 11 is 0. The molecule has 8 heteroatoms. The predicted molar refractivity (Wildman–Crippen MR) is 131 cm³/mol. The number of likely N-dealkylation sites (tertiary alicyclic amines) is 1. The molecule has 0 radical (unpaired) electrons. The molecule has 2 aliphatic heterocycles. The number of oxazole rings is 1. The van der Waals surface area contributed by atoms with Crippen molar-refractivity contribution < 1.29 is 18.3 Å². The number of rotatable bonds is 4. The van der Waals surface area contributed by atoms with Crippen LogP contribution in [0.25, 0.3) is 11.1 Å². The highest BCUT2D eigenvalue weighted by Crippen LogP contribution is 2.50. The molecule has 35 heavy (non-hydrogen) atoms. The van der Waals surface area contributed by atoms with E-state index in [1.807, 2.05) is 29.7 Å². The maximum Gasteiger partial charge on any atom is 0.410 e. The van der Waals surface area contributed by atoms with E-state index in [-0.39, 0.29) is 30.1 Å². The normalized spacial score (nSPS) is 24.4. The maximum absolute atomic E-state index is 13.5. The van der Waals surface area contributed by atoms with Gasteiger partial charge in [0.2, 0.25) is 0 Å². The van der Waals surface area contributed by atoms with E-state index >= 15 is 0 Å². The summed E-state index contributed by atoms with van der Waals surface area (Å²) in [6.45, 7) is 8.34. The maximum atomic E-state index is 13.5. The van der Waals surface area contributed by atoms with Crippen LogP contribution in [0, 0.1) is 11.2 Å². The predicted octanol–water partition coefficient (Wildman–Crippen LogP) is 4.67. The van der Waals surface area contributed by atoms with E-state index in [4.69, 9.17) is 9.15 Å². The zero-order chi connectivity index (χ0) is 24.2. The van der Waals surface area contributed by atoms with Crippen molar-refractivity contribution in [1.29, 1.82) is 0 Å². The minimum absolute atomic E-state index is 0.00532. The van der Waals surface area contributed by atoms with Crippen LogP contribution in [0.2, 0.25) is 0 Å². The summed E-state index contributed by atoms with van der Waals surface area (Å²) in [7, 11) is 0. The monoisotopic (exact) mass is 478 g/mol. The van der Waals surface area contributed by atoms with Crippen LogP contribution in [-0.2, 0) is 11.3 Å². The molecule has 1 saturated carbocycles. The topological polar surface area (TPSA) is 62.1 Å². The van der Waals surface area contributed by atoms with E-state index in [1.54, 1.807) is 6.07 Å². The summed E-state index contributed by atoms with van der Waals surface area (Å²) in [6.07, 6.45) is 1.67. The molecular weight excluding hydrogens is 447 g/mol. The first kappa shape index (κ1) is 22.3. The van der Waals surface area contributed by atoms with Crippen molar-refractivity contribution in [2.75, 3.05) is 31.1 Å². The molecule has 1 aliphatic carbocycles. The molecule has 1 amide bonds. The Balaban J connectivity index is 1.00. The van der Waals surface area contributed by atoms with Gasteiger partial charge in [-0.15, -0.1) is 0 Å². The Kier molecular flexibility index (Phi) is 5.44. The Morgan fingerprint density at radius 1 is 1.11 bits per heavy atom. The van der Waals surface area contributed by atoms with Crippen molar-refractivity contribution in [1.82, 2.24) is 14.8 Å². The molecule has 0 N–H and O–H groups in total. The van der Waals surface area contributed by atoms with E-state index < -0.39 is 0 Å². The van der Waals surface area contributed by atoms with Gasteiger partial charge in [0.1, 0.15) is 17.4 Å². The summed E-state index contributed by atoms with van der Waals surface area (Å²) in [6, 6.07) is 15.2. The number of fused-ring (bicyclic) bond motifs is 1. The number of piperazine rings is 1. The number of halogens is 1. The highest BCUT2D eigenvalue weighted by atomic mass is 19.1. The number of amides is 1. The van der Waals surface area contributed by atoms with Gasteiger partial charge < -0.3 is 14.1 Å². The first-order chi connectivity index (χ1) is 16.9. The number of carbonyl (C=O) groups is 1. The minimum Gasteiger partial charge on any atom is -0.446 e. The largest absolute Gasteiger partial charge is 0.446 e. The fraction of sp³-hybridized carbons (Fsp3) is 0.481. The molecule has 1 aromatic heterocycles. The van der Waals surface area contributed by atoms with Crippen LogP contribution < -0.4 is 4.90 Å². The number of benzene rings is 2. The summed E-state index contributed by atoms with van der Waals surface area (Å²) < 4.78 is 25.3. The zero-order valence-electron chi connectivity index (χ0n) is 20.2. The number of anilines is 1. The van der Waals surface area contributed by atoms with Gasteiger partial charge in [-0.2, -0.15) is 4.98 Å². The van der Waals surface area contributed by atoms with E-state index in [1.165, 1.54) is 17.7 Å². The lowest BCUT2D eigenvalue weighted by Gasteiger charge is -2.58. The first-order valence-electron chi connectivity index (χ1n) is 12.4. The van der Waals surface area contributed by atoms with Gasteiger partial charge in [-0.1, -0.05) is 30.3 Å². The fourth-order valence-corrected chi connectivity index (χ4v) is 6.17. The third kappa shape index (κ3) is 4.24. The van der Waals surface area contributed by atoms with Gasteiger partial charge in [-0.3, -0.25) is 9.80 Å². The van der Waals surface area contributed by atoms with Crippen LogP contribution in [0.1, 0.15) is 32.3 Å². The van der Waals surface area contributed by atoms with Crippen molar-refractivity contribution in [3.63, 3.8) is 0 Å². The molecule has 0 unspecified atom stereocenters. The van der Waals surface area contributed by atoms with E-state index in [9.17, 15) is 9.18 Å². The molecule has 6 rings (SSSR count). The van der Waals surface area contributed by atoms with Crippen molar-refractivity contribution >= 4 is 23.2 Å². The first-order valence-corrected chi connectivity index (χ1v) is 12.4. The van der Waals surface area contributed by atoms with Gasteiger partial charge in [0.05, 0.1) is 12.1 Å². The smallest absolute Gasteiger partial charge is 0.410 e. The number of ether oxygens (including phenoxy) is 1. The Morgan fingerprint density at radius 2 is 1.83 bits per heavy atom. The molecule has 0 bridgehead atoms. The fourth-order valence-electron chi connectivity index (χ4n) is 6.17. The Bertz CT molecular complexity index is 1210. The van der Waals surface area contributed by atoms with Gasteiger partial charge in [-0.05, 0) is 44.4 Å². The average Bonchev–Trinajstić information content (AvgIpc) is 3.19. The summed E-state index contributed by atoms with van der Waals surface area (Å²) in [5, 5.41) is 0.